The van der Waals surface area contributed by atoms with Crippen molar-refractivity contribution in [3.63, 3.8) is 0 Å². The molecule has 0 radical (unpaired) electrons. The van der Waals surface area contributed by atoms with Gasteiger partial charge in [0.15, 0.2) is 5.11 Å². The number of aromatic nitrogens is 1. The van der Waals surface area contributed by atoms with Crippen molar-refractivity contribution in [2.24, 2.45) is 0 Å². The van der Waals surface area contributed by atoms with Crippen LogP contribution in [0.4, 0.5) is 11.4 Å². The molecule has 11 heteroatoms. The zero-order valence-corrected chi connectivity index (χ0v) is 23.1. The summed E-state index contributed by atoms with van der Waals surface area (Å²) in [6, 6.07) is 21.9. The molecular formula is C26H23BrN4O4S2. The lowest BCUT2D eigenvalue weighted by Gasteiger charge is -2.27. The lowest BCUT2D eigenvalue weighted by Crippen LogP contribution is -2.29. The van der Waals surface area contributed by atoms with E-state index in [9.17, 15) is 8.42 Å². The van der Waals surface area contributed by atoms with Gasteiger partial charge < -0.3 is 19.4 Å². The summed E-state index contributed by atoms with van der Waals surface area (Å²) in [6.07, 6.45) is 2.82. The van der Waals surface area contributed by atoms with E-state index in [1.165, 1.54) is 7.11 Å². The number of pyridine rings is 1. The SMILES string of the molecule is COc1ccc(N2C(=S)NC(c3ccccn3)C2c2ccc(-c3ccc(Br)cc3)o2)cc1NS(C)(=O)=O. The normalized spacial score (nSPS) is 17.5. The number of nitrogens with one attached hydrogen (secondary N) is 2. The average molecular weight is 600 g/mol. The van der Waals surface area contributed by atoms with Crippen molar-refractivity contribution in [3.05, 3.63) is 94.9 Å². The molecular weight excluding hydrogens is 576 g/mol. The lowest BCUT2D eigenvalue weighted by molar-refractivity contribution is 0.416. The number of thiocarbonyl (C=S) groups is 1. The van der Waals surface area contributed by atoms with Gasteiger partial charge in [-0.1, -0.05) is 34.1 Å². The van der Waals surface area contributed by atoms with E-state index in [1.54, 1.807) is 18.3 Å². The van der Waals surface area contributed by atoms with Gasteiger partial charge >= 0.3 is 0 Å². The summed E-state index contributed by atoms with van der Waals surface area (Å²) in [5.41, 5.74) is 2.70. The van der Waals surface area contributed by atoms with Gasteiger partial charge in [-0.25, -0.2) is 8.42 Å². The van der Waals surface area contributed by atoms with Crippen molar-refractivity contribution in [2.75, 3.05) is 23.0 Å². The van der Waals surface area contributed by atoms with E-state index >= 15 is 0 Å². The summed E-state index contributed by atoms with van der Waals surface area (Å²) in [7, 11) is -2.06. The van der Waals surface area contributed by atoms with Gasteiger partial charge in [0.1, 0.15) is 23.3 Å². The molecule has 2 atom stereocenters. The first-order chi connectivity index (χ1) is 17.7. The Morgan fingerprint density at radius 2 is 1.89 bits per heavy atom. The second-order valence-corrected chi connectivity index (χ2v) is 11.5. The highest BCUT2D eigenvalue weighted by atomic mass is 79.9. The Morgan fingerprint density at radius 1 is 1.11 bits per heavy atom. The Labute approximate surface area is 228 Å². The molecule has 1 saturated heterocycles. The number of methoxy groups -OCH3 is 1. The molecule has 8 nitrogen and oxygen atoms in total. The molecule has 1 aliphatic rings. The van der Waals surface area contributed by atoms with E-state index in [0.717, 1.165) is 22.0 Å². The quantitative estimate of drug-likeness (QED) is 0.263. The van der Waals surface area contributed by atoms with Gasteiger partial charge in [0, 0.05) is 21.9 Å². The second-order valence-electron chi connectivity index (χ2n) is 8.46. The number of furan rings is 1. The van der Waals surface area contributed by atoms with E-state index in [4.69, 9.17) is 21.4 Å². The number of anilines is 2. The first kappa shape index (κ1) is 25.2. The van der Waals surface area contributed by atoms with Gasteiger partial charge in [-0.15, -0.1) is 0 Å². The highest BCUT2D eigenvalue weighted by Gasteiger charge is 2.42. The number of hydrogen-bond acceptors (Lipinski definition) is 6. The van der Waals surface area contributed by atoms with Crippen LogP contribution in [0.3, 0.4) is 0 Å². The van der Waals surface area contributed by atoms with Crippen LogP contribution in [0.2, 0.25) is 0 Å². The molecule has 2 unspecified atom stereocenters. The maximum absolute atomic E-state index is 12.0. The maximum Gasteiger partial charge on any atom is 0.229 e. The van der Waals surface area contributed by atoms with Gasteiger partial charge in [-0.2, -0.15) is 0 Å². The number of benzene rings is 2. The summed E-state index contributed by atoms with van der Waals surface area (Å²) < 4.78 is 39.3. The lowest BCUT2D eigenvalue weighted by atomic mass is 10.0. The number of hydrogen-bond donors (Lipinski definition) is 2. The van der Waals surface area contributed by atoms with Crippen LogP contribution in [-0.4, -0.2) is 31.9 Å². The van der Waals surface area contributed by atoms with Crippen LogP contribution in [0.15, 0.2) is 87.9 Å². The van der Waals surface area contributed by atoms with Crippen molar-refractivity contribution >= 4 is 54.7 Å². The molecule has 0 bridgehead atoms. The van der Waals surface area contributed by atoms with E-state index in [0.29, 0.717) is 33.8 Å². The molecule has 4 aromatic rings. The zero-order chi connectivity index (χ0) is 26.2. The monoisotopic (exact) mass is 598 g/mol. The number of ether oxygens (including phenoxy) is 1. The third-order valence-electron chi connectivity index (χ3n) is 5.90. The van der Waals surface area contributed by atoms with Gasteiger partial charge in [0.05, 0.1) is 30.8 Å². The van der Waals surface area contributed by atoms with Crippen LogP contribution in [0.5, 0.6) is 5.75 Å². The van der Waals surface area contributed by atoms with Crippen molar-refractivity contribution in [3.8, 4) is 17.1 Å². The molecule has 0 saturated carbocycles. The highest BCUT2D eigenvalue weighted by molar-refractivity contribution is 9.10. The van der Waals surface area contributed by atoms with Crippen molar-refractivity contribution in [1.82, 2.24) is 10.3 Å². The standard InChI is InChI=1S/C26H23BrN4O4S2/c1-34-22-11-10-18(15-20(22)30-37(2,32)33)31-25(24(29-26(31)36)19-5-3-4-14-28-19)23-13-12-21(35-23)16-6-8-17(27)9-7-16/h3-15,24-25,30H,1-2H3,(H,29,36). The van der Waals surface area contributed by atoms with Gasteiger partial charge in [0.2, 0.25) is 10.0 Å². The van der Waals surface area contributed by atoms with Crippen molar-refractivity contribution in [1.29, 1.82) is 0 Å². The summed E-state index contributed by atoms with van der Waals surface area (Å²) in [5.74, 6) is 1.78. The average Bonchev–Trinajstić information content (AvgIpc) is 3.48. The Balaban J connectivity index is 1.61. The van der Waals surface area contributed by atoms with Crippen LogP contribution < -0.4 is 19.7 Å². The van der Waals surface area contributed by atoms with E-state index in [2.05, 4.69) is 31.0 Å². The molecule has 1 fully saturated rings. The predicted molar refractivity (Wildman–Crippen MR) is 151 cm³/mol. The Morgan fingerprint density at radius 3 is 2.57 bits per heavy atom. The van der Waals surface area contributed by atoms with Crippen LogP contribution in [0, 0.1) is 0 Å². The molecule has 37 heavy (non-hydrogen) atoms. The summed E-state index contributed by atoms with van der Waals surface area (Å²) >= 11 is 9.24. The van der Waals surface area contributed by atoms with Crippen LogP contribution >= 0.6 is 28.1 Å². The van der Waals surface area contributed by atoms with Crippen LogP contribution in [0.1, 0.15) is 23.5 Å². The van der Waals surface area contributed by atoms with Crippen LogP contribution in [-0.2, 0) is 10.0 Å². The topological polar surface area (TPSA) is 96.7 Å². The second kappa shape index (κ2) is 10.2. The first-order valence-corrected chi connectivity index (χ1v) is 14.3. The fraction of sp³-hybridized carbons (Fsp3) is 0.154. The smallest absolute Gasteiger partial charge is 0.229 e. The van der Waals surface area contributed by atoms with Gasteiger partial charge in [-0.3, -0.25) is 9.71 Å². The highest BCUT2D eigenvalue weighted by Crippen LogP contribution is 2.44. The minimum Gasteiger partial charge on any atom is -0.495 e. The minimum atomic E-state index is -3.54. The van der Waals surface area contributed by atoms with Crippen LogP contribution in [0.25, 0.3) is 11.3 Å². The fourth-order valence-corrected chi connectivity index (χ4v) is 5.50. The first-order valence-electron chi connectivity index (χ1n) is 11.3. The van der Waals surface area contributed by atoms with Crippen molar-refractivity contribution < 1.29 is 17.6 Å². The Hall–Kier alpha value is -3.41. The molecule has 1 aliphatic heterocycles. The molecule has 0 spiro atoms. The van der Waals surface area contributed by atoms with Crippen molar-refractivity contribution in [2.45, 2.75) is 12.1 Å². The molecule has 3 heterocycles. The molecule has 2 N–H and O–H groups in total. The largest absolute Gasteiger partial charge is 0.495 e. The molecule has 190 valence electrons. The summed E-state index contributed by atoms with van der Waals surface area (Å²) in [5, 5.41) is 3.84. The molecule has 0 aliphatic carbocycles. The van der Waals surface area contributed by atoms with E-state index in [1.807, 2.05) is 65.6 Å². The zero-order valence-electron chi connectivity index (χ0n) is 19.9. The minimum absolute atomic E-state index is 0.306. The maximum atomic E-state index is 12.0. The van der Waals surface area contributed by atoms with E-state index < -0.39 is 16.1 Å². The molecule has 2 aromatic heterocycles. The number of rotatable bonds is 7. The summed E-state index contributed by atoms with van der Waals surface area (Å²) in [6.45, 7) is 0. The summed E-state index contributed by atoms with van der Waals surface area (Å²) in [4.78, 5) is 6.47. The number of halogens is 1. The Kier molecular flexibility index (Phi) is 6.93. The van der Waals surface area contributed by atoms with E-state index in [-0.39, 0.29) is 6.04 Å². The fourth-order valence-electron chi connectivity index (χ4n) is 4.33. The molecule has 2 aromatic carbocycles. The Bertz CT molecular complexity index is 1540. The molecule has 5 rings (SSSR count). The van der Waals surface area contributed by atoms with Gasteiger partial charge in [0.25, 0.3) is 0 Å². The number of sulfonamides is 1. The predicted octanol–water partition coefficient (Wildman–Crippen LogP) is 5.66. The molecule has 0 amide bonds. The third-order valence-corrected chi connectivity index (χ3v) is 7.34. The number of nitrogens with zero attached hydrogens (tertiary/aromatic N) is 2. The van der Waals surface area contributed by atoms with Gasteiger partial charge in [-0.05, 0) is 66.8 Å². The third kappa shape index (κ3) is 5.34.